The van der Waals surface area contributed by atoms with Crippen molar-refractivity contribution in [2.75, 3.05) is 20.2 Å². The van der Waals surface area contributed by atoms with E-state index in [0.29, 0.717) is 16.5 Å². The summed E-state index contributed by atoms with van der Waals surface area (Å²) in [5.41, 5.74) is 0.0729. The van der Waals surface area contributed by atoms with Crippen molar-refractivity contribution in [3.63, 3.8) is 0 Å². The first-order valence-corrected chi connectivity index (χ1v) is 10.2. The molecule has 0 aliphatic rings. The minimum absolute atomic E-state index is 0. The van der Waals surface area contributed by atoms with Crippen LogP contribution in [0.3, 0.4) is 0 Å². The maximum absolute atomic E-state index is 13.1. The van der Waals surface area contributed by atoms with Gasteiger partial charge in [0.05, 0.1) is 29.1 Å². The molecule has 0 spiro atoms. The molecular formula is C22H32ClN3O4. The van der Waals surface area contributed by atoms with Crippen molar-refractivity contribution in [2.24, 2.45) is 0 Å². The summed E-state index contributed by atoms with van der Waals surface area (Å²) in [6.07, 6.45) is 4.07. The molecule has 0 aliphatic heterocycles. The van der Waals surface area contributed by atoms with Gasteiger partial charge in [0.2, 0.25) is 0 Å². The summed E-state index contributed by atoms with van der Waals surface area (Å²) < 4.78 is 5.49. The van der Waals surface area contributed by atoms with Crippen molar-refractivity contribution >= 4 is 34.8 Å². The molecule has 30 heavy (non-hydrogen) atoms. The van der Waals surface area contributed by atoms with Crippen LogP contribution in [-0.2, 0) is 0 Å². The van der Waals surface area contributed by atoms with E-state index in [1.54, 1.807) is 24.3 Å². The van der Waals surface area contributed by atoms with Crippen molar-refractivity contribution in [1.29, 1.82) is 0 Å². The smallest absolute Gasteiger partial charge is 0.278 e. The average molecular weight is 438 g/mol. The molecule has 8 heteroatoms. The lowest BCUT2D eigenvalue weighted by atomic mass is 10.0. The molecule has 0 heterocycles. The fourth-order valence-corrected chi connectivity index (χ4v) is 3.45. The molecule has 1 unspecified atom stereocenters. The molecule has 0 aliphatic carbocycles. The van der Waals surface area contributed by atoms with Gasteiger partial charge in [-0.05, 0) is 25.8 Å². The highest BCUT2D eigenvalue weighted by Gasteiger charge is 2.25. The lowest BCUT2D eigenvalue weighted by Gasteiger charge is -2.29. The van der Waals surface area contributed by atoms with Crippen molar-refractivity contribution < 1.29 is 14.5 Å². The first-order chi connectivity index (χ1) is 13.9. The third-order valence-electron chi connectivity index (χ3n) is 5.10. The SMILES string of the molecule is CCCCN(CCCC)C(C)NC(=O)c1cc([N+](=O)[O-])c2ccccc2c1OC.Cl. The van der Waals surface area contributed by atoms with Gasteiger partial charge in [-0.25, -0.2) is 0 Å². The van der Waals surface area contributed by atoms with E-state index in [-0.39, 0.29) is 35.7 Å². The Morgan fingerprint density at radius 2 is 1.73 bits per heavy atom. The number of benzene rings is 2. The Balaban J connectivity index is 0.00000450. The molecule has 7 nitrogen and oxygen atoms in total. The van der Waals surface area contributed by atoms with Crippen LogP contribution in [0.15, 0.2) is 30.3 Å². The highest BCUT2D eigenvalue weighted by Crippen LogP contribution is 2.36. The number of fused-ring (bicyclic) bond motifs is 1. The first-order valence-electron chi connectivity index (χ1n) is 10.2. The number of nitrogens with zero attached hydrogens (tertiary/aromatic N) is 2. The largest absolute Gasteiger partial charge is 0.495 e. The molecule has 0 radical (unpaired) electrons. The Bertz CT molecular complexity index is 852. The summed E-state index contributed by atoms with van der Waals surface area (Å²) in [5.74, 6) is -0.0224. The van der Waals surface area contributed by atoms with Crippen LogP contribution < -0.4 is 10.1 Å². The number of methoxy groups -OCH3 is 1. The maximum Gasteiger partial charge on any atom is 0.278 e. The van der Waals surface area contributed by atoms with Gasteiger partial charge in [-0.2, -0.15) is 0 Å². The minimum atomic E-state index is -0.462. The standard InChI is InChI=1S/C22H31N3O4.ClH/c1-5-7-13-24(14-8-6-2)16(3)23-22(26)19-15-20(25(27)28)17-11-9-10-12-18(17)21(19)29-4;/h9-12,15-16H,5-8,13-14H2,1-4H3,(H,23,26);1H. The molecule has 2 aromatic carbocycles. The molecule has 2 rings (SSSR count). The number of nitro groups is 1. The van der Waals surface area contributed by atoms with E-state index in [2.05, 4.69) is 24.1 Å². The van der Waals surface area contributed by atoms with E-state index in [0.717, 1.165) is 38.8 Å². The van der Waals surface area contributed by atoms with Crippen LogP contribution in [0.4, 0.5) is 5.69 Å². The lowest BCUT2D eigenvalue weighted by Crippen LogP contribution is -2.47. The van der Waals surface area contributed by atoms with Crippen LogP contribution >= 0.6 is 12.4 Å². The summed E-state index contributed by atoms with van der Waals surface area (Å²) in [7, 11) is 1.47. The number of halogens is 1. The van der Waals surface area contributed by atoms with Crippen molar-refractivity contribution in [2.45, 2.75) is 52.6 Å². The molecule has 0 fully saturated rings. The van der Waals surface area contributed by atoms with Gasteiger partial charge in [0.15, 0.2) is 0 Å². The number of carbonyl (C=O) groups excluding carboxylic acids is 1. The number of nitro benzene ring substituents is 1. The predicted molar refractivity (Wildman–Crippen MR) is 123 cm³/mol. The third-order valence-corrected chi connectivity index (χ3v) is 5.10. The zero-order valence-corrected chi connectivity index (χ0v) is 19.0. The van der Waals surface area contributed by atoms with Crippen molar-refractivity contribution in [3.8, 4) is 5.75 Å². The molecule has 0 bridgehead atoms. The first kappa shape index (κ1) is 25.7. The molecule has 0 saturated heterocycles. The van der Waals surface area contributed by atoms with Crippen LogP contribution in [0.5, 0.6) is 5.75 Å². The van der Waals surface area contributed by atoms with Crippen LogP contribution in [0.1, 0.15) is 56.8 Å². The van der Waals surface area contributed by atoms with Gasteiger partial charge >= 0.3 is 0 Å². The van der Waals surface area contributed by atoms with Gasteiger partial charge in [-0.15, -0.1) is 12.4 Å². The number of hydrogen-bond acceptors (Lipinski definition) is 5. The second-order valence-electron chi connectivity index (χ2n) is 7.17. The molecular weight excluding hydrogens is 406 g/mol. The Morgan fingerprint density at radius 3 is 2.23 bits per heavy atom. The topological polar surface area (TPSA) is 84.7 Å². The van der Waals surface area contributed by atoms with E-state index in [9.17, 15) is 14.9 Å². The summed E-state index contributed by atoms with van der Waals surface area (Å²) in [5, 5.41) is 15.6. The van der Waals surface area contributed by atoms with Crippen molar-refractivity contribution in [1.82, 2.24) is 10.2 Å². The van der Waals surface area contributed by atoms with Gasteiger partial charge in [-0.1, -0.05) is 44.9 Å². The molecule has 2 aromatic rings. The molecule has 166 valence electrons. The predicted octanol–water partition coefficient (Wildman–Crippen LogP) is 5.16. The third kappa shape index (κ3) is 6.06. The van der Waals surface area contributed by atoms with E-state index >= 15 is 0 Å². The van der Waals surface area contributed by atoms with E-state index < -0.39 is 4.92 Å². The summed E-state index contributed by atoms with van der Waals surface area (Å²) in [6.45, 7) is 8.02. The zero-order valence-electron chi connectivity index (χ0n) is 18.1. The second-order valence-corrected chi connectivity index (χ2v) is 7.17. The number of nitrogens with one attached hydrogen (secondary N) is 1. The van der Waals surface area contributed by atoms with E-state index in [1.807, 2.05) is 6.92 Å². The highest BCUT2D eigenvalue weighted by atomic mass is 35.5. The molecule has 0 aromatic heterocycles. The van der Waals surface area contributed by atoms with Crippen LogP contribution in [0.25, 0.3) is 10.8 Å². The number of non-ortho nitro benzene ring substituents is 1. The number of ether oxygens (including phenoxy) is 1. The average Bonchev–Trinajstić information content (AvgIpc) is 2.72. The summed E-state index contributed by atoms with van der Waals surface area (Å²) in [4.78, 5) is 26.4. The van der Waals surface area contributed by atoms with Gasteiger partial charge in [0.1, 0.15) is 5.75 Å². The van der Waals surface area contributed by atoms with Crippen molar-refractivity contribution in [3.05, 3.63) is 46.0 Å². The van der Waals surface area contributed by atoms with Gasteiger partial charge in [0, 0.05) is 24.5 Å². The van der Waals surface area contributed by atoms with Crippen LogP contribution in [0, 0.1) is 10.1 Å². The molecule has 1 amide bonds. The monoisotopic (exact) mass is 437 g/mol. The Kier molecular flexibility index (Phi) is 10.6. The Labute approximate surface area is 184 Å². The molecule has 0 saturated carbocycles. The quantitative estimate of drug-likeness (QED) is 0.298. The van der Waals surface area contributed by atoms with Gasteiger partial charge < -0.3 is 10.1 Å². The number of amides is 1. The number of unbranched alkanes of at least 4 members (excludes halogenated alkanes) is 2. The summed E-state index contributed by atoms with van der Waals surface area (Å²) >= 11 is 0. The maximum atomic E-state index is 13.1. The number of rotatable bonds is 11. The Morgan fingerprint density at radius 1 is 1.17 bits per heavy atom. The lowest BCUT2D eigenvalue weighted by molar-refractivity contribution is -0.383. The molecule has 1 N–H and O–H groups in total. The van der Waals surface area contributed by atoms with Gasteiger partial charge in [0.25, 0.3) is 11.6 Å². The van der Waals surface area contributed by atoms with E-state index in [4.69, 9.17) is 4.74 Å². The van der Waals surface area contributed by atoms with Crippen LogP contribution in [-0.4, -0.2) is 42.1 Å². The summed E-state index contributed by atoms with van der Waals surface area (Å²) in [6, 6.07) is 8.21. The Hall–Kier alpha value is -2.38. The van der Waals surface area contributed by atoms with E-state index in [1.165, 1.54) is 13.2 Å². The zero-order chi connectivity index (χ0) is 21.4. The fraction of sp³-hybridized carbons (Fsp3) is 0.500. The fourth-order valence-electron chi connectivity index (χ4n) is 3.45. The van der Waals surface area contributed by atoms with Gasteiger partial charge in [-0.3, -0.25) is 19.8 Å². The normalized spacial score (nSPS) is 11.8. The number of hydrogen-bond donors (Lipinski definition) is 1. The highest BCUT2D eigenvalue weighted by molar-refractivity contribution is 6.07. The second kappa shape index (κ2) is 12.3. The minimum Gasteiger partial charge on any atom is -0.495 e. The van der Waals surface area contributed by atoms with Crippen LogP contribution in [0.2, 0.25) is 0 Å². The molecule has 1 atom stereocenters. The number of carbonyl (C=O) groups is 1.